The molecule has 0 radical (unpaired) electrons. The minimum atomic E-state index is 1.21. The second-order valence-corrected chi connectivity index (χ2v) is 17.0. The lowest BCUT2D eigenvalue weighted by molar-refractivity contribution is 1.65. The van der Waals surface area contributed by atoms with Gasteiger partial charge in [-0.2, -0.15) is 0 Å². The van der Waals surface area contributed by atoms with Crippen molar-refractivity contribution in [1.29, 1.82) is 0 Å². The highest BCUT2D eigenvalue weighted by atomic mass is 14.3. The van der Waals surface area contributed by atoms with Crippen LogP contribution in [0.15, 0.2) is 218 Å². The van der Waals surface area contributed by atoms with Gasteiger partial charge >= 0.3 is 0 Å². The molecular formula is C62H36. The van der Waals surface area contributed by atoms with Gasteiger partial charge in [-0.05, 0) is 141 Å². The van der Waals surface area contributed by atoms with Gasteiger partial charge in [0, 0.05) is 0 Å². The van der Waals surface area contributed by atoms with Crippen molar-refractivity contribution >= 4 is 97.0 Å². The van der Waals surface area contributed by atoms with Crippen LogP contribution in [0.5, 0.6) is 0 Å². The smallest absolute Gasteiger partial charge is 0.000116 e. The summed E-state index contributed by atoms with van der Waals surface area (Å²) >= 11 is 0. The Kier molecular flexibility index (Phi) is 6.92. The number of rotatable bonds is 4. The van der Waals surface area contributed by atoms with E-state index in [0.717, 1.165) is 0 Å². The molecule has 0 nitrogen and oxygen atoms in total. The summed E-state index contributed by atoms with van der Waals surface area (Å²) in [7, 11) is 0. The summed E-state index contributed by atoms with van der Waals surface area (Å²) < 4.78 is 0. The molecule has 0 heterocycles. The van der Waals surface area contributed by atoms with E-state index < -0.39 is 0 Å². The highest BCUT2D eigenvalue weighted by Gasteiger charge is 2.28. The summed E-state index contributed by atoms with van der Waals surface area (Å²) in [5.41, 5.74) is 10.0. The lowest BCUT2D eigenvalue weighted by atomic mass is 9.76. The van der Waals surface area contributed by atoms with E-state index in [4.69, 9.17) is 0 Å². The molecule has 14 rings (SSSR count). The first-order valence-electron chi connectivity index (χ1n) is 21.7. The molecule has 0 aromatic heterocycles. The predicted molar refractivity (Wildman–Crippen MR) is 268 cm³/mol. The van der Waals surface area contributed by atoms with Gasteiger partial charge in [-0.15, -0.1) is 0 Å². The monoisotopic (exact) mass is 780 g/mol. The fourth-order valence-corrected chi connectivity index (χ4v) is 11.4. The van der Waals surface area contributed by atoms with Gasteiger partial charge in [0.1, 0.15) is 0 Å². The van der Waals surface area contributed by atoms with Gasteiger partial charge in [-0.1, -0.05) is 218 Å². The molecule has 0 bridgehead atoms. The van der Waals surface area contributed by atoms with E-state index in [9.17, 15) is 0 Å². The van der Waals surface area contributed by atoms with E-state index in [0.29, 0.717) is 0 Å². The third-order valence-electron chi connectivity index (χ3n) is 13.9. The molecule has 14 aromatic rings. The molecule has 0 saturated heterocycles. The van der Waals surface area contributed by atoms with Crippen LogP contribution in [0, 0.1) is 0 Å². The minimum absolute atomic E-state index is 1.21. The first-order chi connectivity index (χ1) is 30.8. The molecule has 0 saturated carbocycles. The molecule has 0 spiro atoms. The number of fused-ring (bicyclic) bond motifs is 3. The summed E-state index contributed by atoms with van der Waals surface area (Å²) in [5, 5.41) is 23.1. The Bertz CT molecular complexity index is 3820. The fraction of sp³-hybridized carbons (Fsp3) is 0. The fourth-order valence-electron chi connectivity index (χ4n) is 11.4. The molecule has 0 aliphatic heterocycles. The Morgan fingerprint density at radius 1 is 0.161 bits per heavy atom. The van der Waals surface area contributed by atoms with Crippen molar-refractivity contribution in [3.8, 4) is 44.5 Å². The van der Waals surface area contributed by atoms with Gasteiger partial charge in [0.05, 0.1) is 0 Å². The van der Waals surface area contributed by atoms with Gasteiger partial charge in [-0.3, -0.25) is 0 Å². The molecule has 0 unspecified atom stereocenters. The average molecular weight is 781 g/mol. The molecule has 0 heteroatoms. The minimum Gasteiger partial charge on any atom is -0.0622 e. The van der Waals surface area contributed by atoms with Crippen LogP contribution in [0.4, 0.5) is 0 Å². The summed E-state index contributed by atoms with van der Waals surface area (Å²) in [5.74, 6) is 0. The maximum atomic E-state index is 2.41. The lowest BCUT2D eigenvalue weighted by Crippen LogP contribution is -1.99. The van der Waals surface area contributed by atoms with Crippen molar-refractivity contribution in [2.24, 2.45) is 0 Å². The molecule has 0 N–H and O–H groups in total. The Morgan fingerprint density at radius 2 is 0.468 bits per heavy atom. The first kappa shape index (κ1) is 33.7. The van der Waals surface area contributed by atoms with Crippen molar-refractivity contribution in [3.63, 3.8) is 0 Å². The molecule has 0 fully saturated rings. The highest BCUT2D eigenvalue weighted by Crippen LogP contribution is 2.56. The zero-order valence-electron chi connectivity index (χ0n) is 33.8. The number of hydrogen-bond acceptors (Lipinski definition) is 0. The Morgan fingerprint density at radius 3 is 0.855 bits per heavy atom. The van der Waals surface area contributed by atoms with Crippen molar-refractivity contribution < 1.29 is 0 Å². The summed E-state index contributed by atoms with van der Waals surface area (Å²) in [6.45, 7) is 0. The van der Waals surface area contributed by atoms with Crippen LogP contribution in [-0.2, 0) is 0 Å². The van der Waals surface area contributed by atoms with Crippen LogP contribution in [0.25, 0.3) is 141 Å². The van der Waals surface area contributed by atoms with Crippen LogP contribution in [0.2, 0.25) is 0 Å². The van der Waals surface area contributed by atoms with E-state index in [1.54, 1.807) is 0 Å². The second-order valence-electron chi connectivity index (χ2n) is 17.0. The Balaban J connectivity index is 1.29. The summed E-state index contributed by atoms with van der Waals surface area (Å²) in [6, 6.07) is 82.2. The normalized spacial score (nSPS) is 12.2. The molecule has 284 valence electrons. The largest absolute Gasteiger partial charge is 0.0622 e. The van der Waals surface area contributed by atoms with Crippen LogP contribution in [0.1, 0.15) is 0 Å². The second kappa shape index (κ2) is 12.7. The molecular weight excluding hydrogens is 745 g/mol. The SMILES string of the molecule is c1ccc(-c2c3ccccc3c(-c3ccccc3)c3c(-c4ccc5ccc6cccc7ccc4c5c67)c4ccccc4c(-c4ccc5ccc6cccc7ccc4c5c67)c23)cc1. The van der Waals surface area contributed by atoms with Crippen LogP contribution in [-0.4, -0.2) is 0 Å². The molecule has 14 aromatic carbocycles. The number of benzene rings is 14. The zero-order chi connectivity index (χ0) is 40.5. The average Bonchev–Trinajstić information content (AvgIpc) is 3.34. The first-order valence-corrected chi connectivity index (χ1v) is 21.7. The van der Waals surface area contributed by atoms with Crippen molar-refractivity contribution in [2.75, 3.05) is 0 Å². The van der Waals surface area contributed by atoms with E-state index in [2.05, 4.69) is 218 Å². The van der Waals surface area contributed by atoms with E-state index in [-0.39, 0.29) is 0 Å². The van der Waals surface area contributed by atoms with Crippen LogP contribution < -0.4 is 0 Å². The highest BCUT2D eigenvalue weighted by molar-refractivity contribution is 6.38. The van der Waals surface area contributed by atoms with Crippen molar-refractivity contribution in [1.82, 2.24) is 0 Å². The molecule has 62 heavy (non-hydrogen) atoms. The topological polar surface area (TPSA) is 0 Å². The van der Waals surface area contributed by atoms with Gasteiger partial charge in [0.25, 0.3) is 0 Å². The maximum Gasteiger partial charge on any atom is -0.000116 e. The van der Waals surface area contributed by atoms with Crippen LogP contribution >= 0.6 is 0 Å². The van der Waals surface area contributed by atoms with E-state index in [1.807, 2.05) is 0 Å². The van der Waals surface area contributed by atoms with E-state index >= 15 is 0 Å². The molecule has 0 aliphatic rings. The lowest BCUT2D eigenvalue weighted by Gasteiger charge is -2.26. The third kappa shape index (κ3) is 4.56. The molecule has 0 amide bonds. The quantitative estimate of drug-likeness (QED) is 0.123. The van der Waals surface area contributed by atoms with Gasteiger partial charge in [0.15, 0.2) is 0 Å². The molecule has 0 aliphatic carbocycles. The van der Waals surface area contributed by atoms with Gasteiger partial charge in [-0.25, -0.2) is 0 Å². The van der Waals surface area contributed by atoms with Gasteiger partial charge < -0.3 is 0 Å². The molecule has 0 atom stereocenters. The van der Waals surface area contributed by atoms with Crippen LogP contribution in [0.3, 0.4) is 0 Å². The summed E-state index contributed by atoms with van der Waals surface area (Å²) in [6.07, 6.45) is 0. The zero-order valence-corrected chi connectivity index (χ0v) is 33.8. The number of hydrogen-bond donors (Lipinski definition) is 0. The Hall–Kier alpha value is -8.06. The van der Waals surface area contributed by atoms with Crippen molar-refractivity contribution in [3.05, 3.63) is 218 Å². The maximum absolute atomic E-state index is 2.41. The van der Waals surface area contributed by atoms with Crippen molar-refractivity contribution in [2.45, 2.75) is 0 Å². The van der Waals surface area contributed by atoms with Gasteiger partial charge in [0.2, 0.25) is 0 Å². The Labute approximate surface area is 358 Å². The standard InChI is InChI=1S/C62H36/c1-3-13-37(14-4-1)57-45-21-7-8-22-46(45)58(38-15-5-2-6-16-38)62-60(52-36-32-44-28-26-40-18-12-20-42-30-34-50(52)56(44)54(40)42)48-24-10-9-23-47(48)59(61(57)62)51-35-31-43-27-25-39-17-11-19-41-29-33-49(51)55(43)53(39)41/h1-36H. The third-order valence-corrected chi connectivity index (χ3v) is 13.9. The predicted octanol–water partition coefficient (Wildman–Crippen LogP) is 17.6. The summed E-state index contributed by atoms with van der Waals surface area (Å²) in [4.78, 5) is 0. The van der Waals surface area contributed by atoms with E-state index in [1.165, 1.54) is 141 Å².